The molecule has 2 aromatic rings. The molecule has 0 aliphatic carbocycles. The molecule has 0 N–H and O–H groups in total. The Morgan fingerprint density at radius 2 is 1.85 bits per heavy atom. The van der Waals surface area contributed by atoms with Gasteiger partial charge in [-0.2, -0.15) is 4.98 Å². The van der Waals surface area contributed by atoms with Crippen LogP contribution in [0.15, 0.2) is 18.2 Å². The zero-order chi connectivity index (χ0) is 14.7. The molecule has 20 heavy (non-hydrogen) atoms. The van der Waals surface area contributed by atoms with Crippen LogP contribution in [0.25, 0.3) is 0 Å². The minimum absolute atomic E-state index is 0.599. The SMILES string of the molecule is COc1ccc(Cc2c(C)nc(C)nc2OC)c(Cl)c1. The van der Waals surface area contributed by atoms with Crippen LogP contribution in [0.3, 0.4) is 0 Å². The zero-order valence-corrected chi connectivity index (χ0v) is 12.8. The first-order chi connectivity index (χ1) is 9.55. The maximum Gasteiger partial charge on any atom is 0.220 e. The molecule has 0 unspecified atom stereocenters. The molecular formula is C15H17ClN2O2. The van der Waals surface area contributed by atoms with Crippen LogP contribution in [0.1, 0.15) is 22.6 Å². The van der Waals surface area contributed by atoms with E-state index >= 15 is 0 Å². The summed E-state index contributed by atoms with van der Waals surface area (Å²) in [5.74, 6) is 2.04. The second-order valence-corrected chi connectivity index (χ2v) is 4.89. The van der Waals surface area contributed by atoms with E-state index in [2.05, 4.69) is 9.97 Å². The molecule has 0 aliphatic rings. The highest BCUT2D eigenvalue weighted by Crippen LogP contribution is 2.28. The average molecular weight is 293 g/mol. The number of hydrogen-bond acceptors (Lipinski definition) is 4. The van der Waals surface area contributed by atoms with Crippen LogP contribution in [-0.2, 0) is 6.42 Å². The normalized spacial score (nSPS) is 10.4. The number of rotatable bonds is 4. The van der Waals surface area contributed by atoms with Gasteiger partial charge in [-0.3, -0.25) is 0 Å². The summed E-state index contributed by atoms with van der Waals surface area (Å²) in [7, 11) is 3.23. The lowest BCUT2D eigenvalue weighted by Gasteiger charge is -2.12. The Bertz CT molecular complexity index is 630. The van der Waals surface area contributed by atoms with Crippen molar-refractivity contribution >= 4 is 11.6 Å². The monoisotopic (exact) mass is 292 g/mol. The quantitative estimate of drug-likeness (QED) is 0.867. The van der Waals surface area contributed by atoms with Crippen LogP contribution in [0, 0.1) is 13.8 Å². The fourth-order valence-corrected chi connectivity index (χ4v) is 2.30. The molecule has 0 amide bonds. The van der Waals surface area contributed by atoms with Crippen molar-refractivity contribution < 1.29 is 9.47 Å². The number of benzene rings is 1. The Kier molecular flexibility index (Phi) is 4.45. The summed E-state index contributed by atoms with van der Waals surface area (Å²) in [5, 5.41) is 0.659. The van der Waals surface area contributed by atoms with Gasteiger partial charge < -0.3 is 9.47 Å². The molecule has 0 radical (unpaired) electrons. The zero-order valence-electron chi connectivity index (χ0n) is 12.0. The van der Waals surface area contributed by atoms with Crippen molar-refractivity contribution in [1.82, 2.24) is 9.97 Å². The van der Waals surface area contributed by atoms with Gasteiger partial charge in [0.05, 0.1) is 14.2 Å². The molecule has 106 valence electrons. The van der Waals surface area contributed by atoms with Gasteiger partial charge in [0.25, 0.3) is 0 Å². The van der Waals surface area contributed by atoms with E-state index in [-0.39, 0.29) is 0 Å². The summed E-state index contributed by atoms with van der Waals surface area (Å²) in [6.07, 6.45) is 0.623. The highest BCUT2D eigenvalue weighted by atomic mass is 35.5. The van der Waals surface area contributed by atoms with Crippen LogP contribution in [-0.4, -0.2) is 24.2 Å². The molecule has 0 saturated heterocycles. The van der Waals surface area contributed by atoms with E-state index in [0.717, 1.165) is 22.6 Å². The number of aryl methyl sites for hydroxylation is 2. The van der Waals surface area contributed by atoms with E-state index in [1.54, 1.807) is 20.3 Å². The predicted octanol–water partition coefficient (Wildman–Crippen LogP) is 3.35. The van der Waals surface area contributed by atoms with Gasteiger partial charge in [-0.25, -0.2) is 4.98 Å². The van der Waals surface area contributed by atoms with E-state index in [1.165, 1.54) is 0 Å². The topological polar surface area (TPSA) is 44.2 Å². The fourth-order valence-electron chi connectivity index (χ4n) is 2.07. The van der Waals surface area contributed by atoms with Crippen molar-refractivity contribution in [1.29, 1.82) is 0 Å². The van der Waals surface area contributed by atoms with Gasteiger partial charge in [-0.05, 0) is 31.5 Å². The Hall–Kier alpha value is -1.81. The first kappa shape index (κ1) is 14.6. The highest BCUT2D eigenvalue weighted by Gasteiger charge is 2.13. The van der Waals surface area contributed by atoms with Gasteiger partial charge in [0.1, 0.15) is 11.6 Å². The number of hydrogen-bond donors (Lipinski definition) is 0. The van der Waals surface area contributed by atoms with Crippen molar-refractivity contribution in [3.63, 3.8) is 0 Å². The van der Waals surface area contributed by atoms with Crippen LogP contribution in [0.5, 0.6) is 11.6 Å². The van der Waals surface area contributed by atoms with Crippen molar-refractivity contribution in [2.45, 2.75) is 20.3 Å². The summed E-state index contributed by atoms with van der Waals surface area (Å²) in [6, 6.07) is 5.63. The van der Waals surface area contributed by atoms with E-state index in [0.29, 0.717) is 23.1 Å². The lowest BCUT2D eigenvalue weighted by Crippen LogP contribution is -2.04. The molecule has 0 atom stereocenters. The Morgan fingerprint density at radius 1 is 1.10 bits per heavy atom. The summed E-state index contributed by atoms with van der Waals surface area (Å²) in [5.41, 5.74) is 2.84. The number of aromatic nitrogens is 2. The van der Waals surface area contributed by atoms with Crippen LogP contribution in [0.4, 0.5) is 0 Å². The Balaban J connectivity index is 2.39. The minimum atomic E-state index is 0.599. The van der Waals surface area contributed by atoms with Gasteiger partial charge in [-0.15, -0.1) is 0 Å². The molecule has 1 aromatic heterocycles. The van der Waals surface area contributed by atoms with E-state index in [1.807, 2.05) is 26.0 Å². The summed E-state index contributed by atoms with van der Waals surface area (Å²) in [6.45, 7) is 3.80. The third-order valence-electron chi connectivity index (χ3n) is 3.11. The molecule has 2 rings (SSSR count). The Labute approximate surface area is 123 Å². The smallest absolute Gasteiger partial charge is 0.220 e. The maximum atomic E-state index is 6.28. The molecule has 0 saturated carbocycles. The van der Waals surface area contributed by atoms with Gasteiger partial charge >= 0.3 is 0 Å². The molecule has 1 aromatic carbocycles. The third-order valence-corrected chi connectivity index (χ3v) is 3.46. The lowest BCUT2D eigenvalue weighted by molar-refractivity contribution is 0.390. The summed E-state index contributed by atoms with van der Waals surface area (Å²) < 4.78 is 10.5. The predicted molar refractivity (Wildman–Crippen MR) is 78.9 cm³/mol. The minimum Gasteiger partial charge on any atom is -0.497 e. The van der Waals surface area contributed by atoms with Crippen molar-refractivity contribution in [2.75, 3.05) is 14.2 Å². The number of nitrogens with zero attached hydrogens (tertiary/aromatic N) is 2. The highest BCUT2D eigenvalue weighted by molar-refractivity contribution is 6.31. The molecule has 4 nitrogen and oxygen atoms in total. The molecule has 0 bridgehead atoms. The van der Waals surface area contributed by atoms with E-state index in [9.17, 15) is 0 Å². The molecular weight excluding hydrogens is 276 g/mol. The van der Waals surface area contributed by atoms with Crippen molar-refractivity contribution in [2.24, 2.45) is 0 Å². The third kappa shape index (κ3) is 3.02. The van der Waals surface area contributed by atoms with Gasteiger partial charge in [0.2, 0.25) is 5.88 Å². The first-order valence-electron chi connectivity index (χ1n) is 6.25. The number of methoxy groups -OCH3 is 2. The summed E-state index contributed by atoms with van der Waals surface area (Å²) >= 11 is 6.28. The lowest BCUT2D eigenvalue weighted by atomic mass is 10.0. The van der Waals surface area contributed by atoms with Crippen molar-refractivity contribution in [3.8, 4) is 11.6 Å². The van der Waals surface area contributed by atoms with Crippen LogP contribution >= 0.6 is 11.6 Å². The largest absolute Gasteiger partial charge is 0.497 e. The second-order valence-electron chi connectivity index (χ2n) is 4.48. The van der Waals surface area contributed by atoms with Crippen molar-refractivity contribution in [3.05, 3.63) is 45.9 Å². The van der Waals surface area contributed by atoms with E-state index < -0.39 is 0 Å². The second kappa shape index (κ2) is 6.09. The number of ether oxygens (including phenoxy) is 2. The average Bonchev–Trinajstić information content (AvgIpc) is 2.42. The number of halogens is 1. The van der Waals surface area contributed by atoms with Crippen LogP contribution < -0.4 is 9.47 Å². The van der Waals surface area contributed by atoms with Gasteiger partial charge in [-0.1, -0.05) is 17.7 Å². The van der Waals surface area contributed by atoms with E-state index in [4.69, 9.17) is 21.1 Å². The molecule has 1 heterocycles. The van der Waals surface area contributed by atoms with Gasteiger partial charge in [0.15, 0.2) is 0 Å². The molecule has 0 aliphatic heterocycles. The molecule has 0 spiro atoms. The summed E-state index contributed by atoms with van der Waals surface area (Å²) in [4.78, 5) is 8.69. The first-order valence-corrected chi connectivity index (χ1v) is 6.63. The standard InChI is InChI=1S/C15H17ClN2O2/c1-9-13(15(20-4)18-10(2)17-9)7-11-5-6-12(19-3)8-14(11)16/h5-6,8H,7H2,1-4H3. The fraction of sp³-hybridized carbons (Fsp3) is 0.333. The maximum absolute atomic E-state index is 6.28. The Morgan fingerprint density at radius 3 is 2.45 bits per heavy atom. The molecule has 5 heteroatoms. The van der Waals surface area contributed by atoms with Crippen LogP contribution in [0.2, 0.25) is 5.02 Å². The van der Waals surface area contributed by atoms with Gasteiger partial charge in [0, 0.05) is 22.7 Å². The molecule has 0 fully saturated rings.